The van der Waals surface area contributed by atoms with Crippen molar-refractivity contribution in [1.29, 1.82) is 0 Å². The van der Waals surface area contributed by atoms with Crippen LogP contribution in [0.5, 0.6) is 0 Å². The average Bonchev–Trinajstić information content (AvgIpc) is 3.22. The number of furan rings is 1. The third kappa shape index (κ3) is 3.03. The predicted octanol–water partition coefficient (Wildman–Crippen LogP) is 8.59. The molecule has 31 heavy (non-hydrogen) atoms. The lowest BCUT2D eigenvalue weighted by molar-refractivity contribution is 0.602. The van der Waals surface area contributed by atoms with Crippen molar-refractivity contribution in [3.63, 3.8) is 0 Å². The molecule has 6 rings (SSSR count). The number of hydrogen-bond donors (Lipinski definition) is 0. The minimum Gasteiger partial charge on any atom is -0.455 e. The summed E-state index contributed by atoms with van der Waals surface area (Å²) >= 11 is 0. The van der Waals surface area contributed by atoms with E-state index in [1.54, 1.807) is 0 Å². The van der Waals surface area contributed by atoms with Crippen molar-refractivity contribution < 1.29 is 4.42 Å². The Bertz CT molecular complexity index is 1510. The Morgan fingerprint density at radius 2 is 0.871 bits per heavy atom. The first-order chi connectivity index (χ1) is 15.4. The van der Waals surface area contributed by atoms with Gasteiger partial charge in [-0.05, 0) is 34.0 Å². The second kappa shape index (κ2) is 7.30. The van der Waals surface area contributed by atoms with Crippen molar-refractivity contribution in [2.45, 2.75) is 0 Å². The first-order valence-corrected chi connectivity index (χ1v) is 10.5. The number of hydrogen-bond acceptors (Lipinski definition) is 1. The molecule has 1 nitrogen and oxygen atoms in total. The Kier molecular flexibility index (Phi) is 4.18. The Labute approximate surface area is 181 Å². The van der Waals surface area contributed by atoms with Crippen molar-refractivity contribution in [3.8, 4) is 33.8 Å². The fraction of sp³-hybridized carbons (Fsp3) is 0. The molecule has 0 aliphatic carbocycles. The molecular weight excluding hydrogens is 376 g/mol. The van der Waals surface area contributed by atoms with E-state index in [4.69, 9.17) is 4.42 Å². The second-order valence-electron chi connectivity index (χ2n) is 7.78. The van der Waals surface area contributed by atoms with Gasteiger partial charge < -0.3 is 4.42 Å². The summed E-state index contributed by atoms with van der Waals surface area (Å²) in [6.07, 6.45) is 0. The summed E-state index contributed by atoms with van der Waals surface area (Å²) in [4.78, 5) is 0. The van der Waals surface area contributed by atoms with E-state index in [1.165, 1.54) is 21.9 Å². The predicted molar refractivity (Wildman–Crippen MR) is 130 cm³/mol. The highest BCUT2D eigenvalue weighted by Crippen LogP contribution is 2.43. The number of benzene rings is 5. The zero-order valence-corrected chi connectivity index (χ0v) is 17.0. The minimum absolute atomic E-state index is 0.916. The molecule has 0 aliphatic heterocycles. The van der Waals surface area contributed by atoms with Gasteiger partial charge in [0.05, 0.1) is 0 Å². The number of fused-ring (bicyclic) bond motifs is 2. The van der Waals surface area contributed by atoms with Gasteiger partial charge in [-0.25, -0.2) is 0 Å². The van der Waals surface area contributed by atoms with Crippen molar-refractivity contribution in [1.82, 2.24) is 0 Å². The van der Waals surface area contributed by atoms with Crippen molar-refractivity contribution in [3.05, 3.63) is 121 Å². The third-order valence-corrected chi connectivity index (χ3v) is 5.87. The van der Waals surface area contributed by atoms with Crippen LogP contribution in [-0.2, 0) is 0 Å². The molecule has 0 atom stereocenters. The summed E-state index contributed by atoms with van der Waals surface area (Å²) in [5, 5.41) is 4.72. The van der Waals surface area contributed by atoms with Crippen LogP contribution in [0.4, 0.5) is 0 Å². The van der Waals surface area contributed by atoms with Crippen molar-refractivity contribution >= 4 is 21.5 Å². The molecule has 0 fully saturated rings. The SMILES string of the molecule is c1ccc(-c2ccccc2-c2oc(-c3ccccc3)c3cc4ccccc4cc23)cc1. The molecule has 0 unspecified atom stereocenters. The molecule has 5 aromatic carbocycles. The van der Waals surface area contributed by atoms with Gasteiger partial charge >= 0.3 is 0 Å². The van der Waals surface area contributed by atoms with Crippen LogP contribution in [0.1, 0.15) is 0 Å². The highest BCUT2D eigenvalue weighted by atomic mass is 16.3. The summed E-state index contributed by atoms with van der Waals surface area (Å²) < 4.78 is 6.67. The molecule has 0 N–H and O–H groups in total. The highest BCUT2D eigenvalue weighted by Gasteiger charge is 2.19. The molecule has 146 valence electrons. The van der Waals surface area contributed by atoms with E-state index in [-0.39, 0.29) is 0 Å². The van der Waals surface area contributed by atoms with E-state index in [9.17, 15) is 0 Å². The lowest BCUT2D eigenvalue weighted by Gasteiger charge is -2.08. The largest absolute Gasteiger partial charge is 0.455 e. The molecular formula is C30H20O. The van der Waals surface area contributed by atoms with E-state index in [0.29, 0.717) is 0 Å². The second-order valence-corrected chi connectivity index (χ2v) is 7.78. The topological polar surface area (TPSA) is 13.1 Å². The Morgan fingerprint density at radius 1 is 0.387 bits per heavy atom. The molecule has 0 amide bonds. The zero-order valence-electron chi connectivity index (χ0n) is 17.0. The van der Waals surface area contributed by atoms with Crippen LogP contribution in [0, 0.1) is 0 Å². The Hall–Kier alpha value is -4.10. The molecule has 0 aliphatic rings. The van der Waals surface area contributed by atoms with Gasteiger partial charge in [-0.3, -0.25) is 0 Å². The molecule has 0 saturated carbocycles. The maximum Gasteiger partial charge on any atom is 0.143 e. The molecule has 6 aromatic rings. The lowest BCUT2D eigenvalue weighted by atomic mass is 9.95. The van der Waals surface area contributed by atoms with Gasteiger partial charge in [0.1, 0.15) is 11.5 Å². The van der Waals surface area contributed by atoms with Crippen LogP contribution in [0.3, 0.4) is 0 Å². The Morgan fingerprint density at radius 3 is 1.52 bits per heavy atom. The van der Waals surface area contributed by atoms with E-state index in [0.717, 1.165) is 33.4 Å². The summed E-state index contributed by atoms with van der Waals surface area (Å²) in [5.74, 6) is 1.83. The monoisotopic (exact) mass is 396 g/mol. The van der Waals surface area contributed by atoms with Gasteiger partial charge in [0, 0.05) is 21.9 Å². The fourth-order valence-corrected chi connectivity index (χ4v) is 4.38. The summed E-state index contributed by atoms with van der Waals surface area (Å²) in [6.45, 7) is 0. The summed E-state index contributed by atoms with van der Waals surface area (Å²) in [7, 11) is 0. The van der Waals surface area contributed by atoms with Gasteiger partial charge in [-0.1, -0.05) is 109 Å². The van der Waals surface area contributed by atoms with E-state index in [1.807, 2.05) is 12.1 Å². The summed E-state index contributed by atoms with van der Waals surface area (Å²) in [6, 6.07) is 42.4. The molecule has 0 radical (unpaired) electrons. The molecule has 0 bridgehead atoms. The van der Waals surface area contributed by atoms with Gasteiger partial charge in [0.2, 0.25) is 0 Å². The van der Waals surface area contributed by atoms with E-state index >= 15 is 0 Å². The van der Waals surface area contributed by atoms with E-state index in [2.05, 4.69) is 109 Å². The molecule has 1 heteroatoms. The maximum atomic E-state index is 6.67. The lowest BCUT2D eigenvalue weighted by Crippen LogP contribution is -1.84. The van der Waals surface area contributed by atoms with E-state index < -0.39 is 0 Å². The van der Waals surface area contributed by atoms with Crippen LogP contribution in [0.2, 0.25) is 0 Å². The highest BCUT2D eigenvalue weighted by molar-refractivity contribution is 6.10. The molecule has 1 aromatic heterocycles. The maximum absolute atomic E-state index is 6.67. The molecule has 1 heterocycles. The third-order valence-electron chi connectivity index (χ3n) is 5.87. The first kappa shape index (κ1) is 17.7. The van der Waals surface area contributed by atoms with Crippen LogP contribution < -0.4 is 0 Å². The summed E-state index contributed by atoms with van der Waals surface area (Å²) in [5.41, 5.74) is 4.55. The fourth-order valence-electron chi connectivity index (χ4n) is 4.38. The van der Waals surface area contributed by atoms with Crippen LogP contribution in [0.25, 0.3) is 55.3 Å². The van der Waals surface area contributed by atoms with Gasteiger partial charge in [0.15, 0.2) is 0 Å². The molecule has 0 saturated heterocycles. The van der Waals surface area contributed by atoms with Gasteiger partial charge in [0.25, 0.3) is 0 Å². The van der Waals surface area contributed by atoms with Crippen LogP contribution >= 0.6 is 0 Å². The minimum atomic E-state index is 0.916. The number of rotatable bonds is 3. The quantitative estimate of drug-likeness (QED) is 0.292. The zero-order chi connectivity index (χ0) is 20.6. The average molecular weight is 396 g/mol. The standard InChI is InChI=1S/C30H20O/c1-3-11-21(12-4-1)25-17-9-10-18-26(25)30-28-20-24-16-8-7-15-23(24)19-27(28)29(31-30)22-13-5-2-6-14-22/h1-20H. The first-order valence-electron chi connectivity index (χ1n) is 10.5. The normalized spacial score (nSPS) is 11.2. The van der Waals surface area contributed by atoms with Crippen molar-refractivity contribution in [2.75, 3.05) is 0 Å². The van der Waals surface area contributed by atoms with Crippen molar-refractivity contribution in [2.24, 2.45) is 0 Å². The molecule has 0 spiro atoms. The van der Waals surface area contributed by atoms with Crippen LogP contribution in [-0.4, -0.2) is 0 Å². The van der Waals surface area contributed by atoms with Crippen LogP contribution in [0.15, 0.2) is 126 Å². The van der Waals surface area contributed by atoms with Gasteiger partial charge in [-0.15, -0.1) is 0 Å². The van der Waals surface area contributed by atoms with Gasteiger partial charge in [-0.2, -0.15) is 0 Å². The Balaban J connectivity index is 1.70. The smallest absolute Gasteiger partial charge is 0.143 e.